The van der Waals surface area contributed by atoms with Gasteiger partial charge in [-0.05, 0) is 55.3 Å². The van der Waals surface area contributed by atoms with Gasteiger partial charge in [0, 0.05) is 22.3 Å². The standard InChI is InChI=1S/C19H20N2O2/c1-12-5-4-6-14(9-12)21-19(22)11-16-13(2)20-18-8-7-15(23-3)10-17(16)18/h4-10,20H,11H2,1-3H3,(H,21,22). The molecule has 2 N–H and O–H groups in total. The van der Waals surface area contributed by atoms with Crippen LogP contribution in [0.5, 0.6) is 5.75 Å². The first-order valence-electron chi connectivity index (χ1n) is 7.58. The molecule has 4 heteroatoms. The Morgan fingerprint density at radius 1 is 1.17 bits per heavy atom. The Bertz CT molecular complexity index is 865. The molecule has 1 amide bonds. The second-order valence-corrected chi connectivity index (χ2v) is 5.73. The lowest BCUT2D eigenvalue weighted by Gasteiger charge is -2.07. The summed E-state index contributed by atoms with van der Waals surface area (Å²) in [6.45, 7) is 3.99. The van der Waals surface area contributed by atoms with E-state index in [-0.39, 0.29) is 5.91 Å². The van der Waals surface area contributed by atoms with Crippen LogP contribution in [0.2, 0.25) is 0 Å². The topological polar surface area (TPSA) is 54.1 Å². The highest BCUT2D eigenvalue weighted by Crippen LogP contribution is 2.27. The fraction of sp³-hybridized carbons (Fsp3) is 0.211. The molecule has 3 rings (SSSR count). The van der Waals surface area contributed by atoms with Crippen molar-refractivity contribution in [1.29, 1.82) is 0 Å². The number of hydrogen-bond donors (Lipinski definition) is 2. The van der Waals surface area contributed by atoms with Gasteiger partial charge in [-0.25, -0.2) is 0 Å². The SMILES string of the molecule is COc1ccc2[nH]c(C)c(CC(=O)Nc3cccc(C)c3)c2c1. The molecule has 0 unspecified atom stereocenters. The molecule has 0 aliphatic carbocycles. The number of amides is 1. The summed E-state index contributed by atoms with van der Waals surface area (Å²) >= 11 is 0. The zero-order chi connectivity index (χ0) is 16.4. The molecule has 0 spiro atoms. The molecule has 2 aromatic carbocycles. The second-order valence-electron chi connectivity index (χ2n) is 5.73. The summed E-state index contributed by atoms with van der Waals surface area (Å²) in [6.07, 6.45) is 0.326. The molecule has 0 bridgehead atoms. The molecule has 23 heavy (non-hydrogen) atoms. The third kappa shape index (κ3) is 3.21. The molecular formula is C19H20N2O2. The predicted molar refractivity (Wildman–Crippen MR) is 93.1 cm³/mol. The van der Waals surface area contributed by atoms with Gasteiger partial charge >= 0.3 is 0 Å². The molecule has 0 aliphatic rings. The molecule has 0 fully saturated rings. The number of benzene rings is 2. The van der Waals surface area contributed by atoms with Gasteiger partial charge in [-0.1, -0.05) is 12.1 Å². The third-order valence-corrected chi connectivity index (χ3v) is 3.97. The Morgan fingerprint density at radius 2 is 2.00 bits per heavy atom. The van der Waals surface area contributed by atoms with Crippen molar-refractivity contribution >= 4 is 22.5 Å². The Morgan fingerprint density at radius 3 is 2.74 bits per heavy atom. The minimum Gasteiger partial charge on any atom is -0.497 e. The van der Waals surface area contributed by atoms with Crippen LogP contribution >= 0.6 is 0 Å². The van der Waals surface area contributed by atoms with Crippen LogP contribution in [0.4, 0.5) is 5.69 Å². The van der Waals surface area contributed by atoms with E-state index >= 15 is 0 Å². The van der Waals surface area contributed by atoms with Crippen molar-refractivity contribution in [1.82, 2.24) is 4.98 Å². The van der Waals surface area contributed by atoms with E-state index in [4.69, 9.17) is 4.74 Å². The van der Waals surface area contributed by atoms with E-state index in [1.54, 1.807) is 7.11 Å². The Labute approximate surface area is 135 Å². The van der Waals surface area contributed by atoms with Crippen LogP contribution in [0.15, 0.2) is 42.5 Å². The summed E-state index contributed by atoms with van der Waals surface area (Å²) in [7, 11) is 1.64. The Kier molecular flexibility index (Phi) is 4.06. The average molecular weight is 308 g/mol. The van der Waals surface area contributed by atoms with Gasteiger partial charge < -0.3 is 15.0 Å². The smallest absolute Gasteiger partial charge is 0.228 e. The summed E-state index contributed by atoms with van der Waals surface area (Å²) in [4.78, 5) is 15.7. The molecule has 0 aliphatic heterocycles. The minimum atomic E-state index is -0.0255. The molecule has 0 saturated heterocycles. The number of carbonyl (C=O) groups is 1. The van der Waals surface area contributed by atoms with E-state index in [0.29, 0.717) is 6.42 Å². The van der Waals surface area contributed by atoms with Crippen molar-refractivity contribution in [3.05, 3.63) is 59.3 Å². The summed E-state index contributed by atoms with van der Waals surface area (Å²) in [5, 5.41) is 3.99. The molecule has 3 aromatic rings. The number of ether oxygens (including phenoxy) is 1. The third-order valence-electron chi connectivity index (χ3n) is 3.97. The summed E-state index contributed by atoms with van der Waals surface area (Å²) in [5.74, 6) is 0.763. The number of nitrogens with one attached hydrogen (secondary N) is 2. The van der Waals surface area contributed by atoms with E-state index in [0.717, 1.165) is 39.2 Å². The first-order chi connectivity index (χ1) is 11.1. The van der Waals surface area contributed by atoms with Gasteiger partial charge in [-0.15, -0.1) is 0 Å². The number of methoxy groups -OCH3 is 1. The number of hydrogen-bond acceptors (Lipinski definition) is 2. The lowest BCUT2D eigenvalue weighted by Crippen LogP contribution is -2.14. The van der Waals surface area contributed by atoms with Crippen LogP contribution in [0.3, 0.4) is 0 Å². The lowest BCUT2D eigenvalue weighted by atomic mass is 10.1. The van der Waals surface area contributed by atoms with Crippen LogP contribution in [0.1, 0.15) is 16.8 Å². The van der Waals surface area contributed by atoms with Gasteiger partial charge in [0.1, 0.15) is 5.75 Å². The number of aromatic amines is 1. The van der Waals surface area contributed by atoms with Gasteiger partial charge in [-0.2, -0.15) is 0 Å². The summed E-state index contributed by atoms with van der Waals surface area (Å²) in [5.41, 5.74) is 4.97. The minimum absolute atomic E-state index is 0.0255. The fourth-order valence-corrected chi connectivity index (χ4v) is 2.80. The highest BCUT2D eigenvalue weighted by molar-refractivity contribution is 5.96. The first-order valence-corrected chi connectivity index (χ1v) is 7.58. The number of anilines is 1. The van der Waals surface area contributed by atoms with E-state index < -0.39 is 0 Å². The quantitative estimate of drug-likeness (QED) is 0.766. The van der Waals surface area contributed by atoms with E-state index in [9.17, 15) is 4.79 Å². The Hall–Kier alpha value is -2.75. The van der Waals surface area contributed by atoms with Gasteiger partial charge in [0.05, 0.1) is 13.5 Å². The largest absolute Gasteiger partial charge is 0.497 e. The van der Waals surface area contributed by atoms with Gasteiger partial charge in [0.25, 0.3) is 0 Å². The zero-order valence-electron chi connectivity index (χ0n) is 13.6. The van der Waals surface area contributed by atoms with Gasteiger partial charge in [0.2, 0.25) is 5.91 Å². The molecule has 118 valence electrons. The van der Waals surface area contributed by atoms with Crippen molar-refractivity contribution in [2.75, 3.05) is 12.4 Å². The van der Waals surface area contributed by atoms with Gasteiger partial charge in [0.15, 0.2) is 0 Å². The van der Waals surface area contributed by atoms with E-state index in [1.807, 2.05) is 56.3 Å². The number of H-pyrrole nitrogens is 1. The highest BCUT2D eigenvalue weighted by atomic mass is 16.5. The maximum atomic E-state index is 12.4. The molecule has 1 aromatic heterocycles. The maximum Gasteiger partial charge on any atom is 0.228 e. The van der Waals surface area contributed by atoms with Crippen LogP contribution in [-0.4, -0.2) is 18.0 Å². The van der Waals surface area contributed by atoms with E-state index in [1.165, 1.54) is 0 Å². The summed E-state index contributed by atoms with van der Waals surface area (Å²) < 4.78 is 5.29. The molecule has 1 heterocycles. The number of fused-ring (bicyclic) bond motifs is 1. The average Bonchev–Trinajstić information content (AvgIpc) is 2.82. The van der Waals surface area contributed by atoms with Crippen LogP contribution in [0.25, 0.3) is 10.9 Å². The number of aryl methyl sites for hydroxylation is 2. The monoisotopic (exact) mass is 308 g/mol. The van der Waals surface area contributed by atoms with E-state index in [2.05, 4.69) is 10.3 Å². The zero-order valence-corrected chi connectivity index (χ0v) is 13.6. The summed E-state index contributed by atoms with van der Waals surface area (Å²) in [6, 6.07) is 13.7. The number of rotatable bonds is 4. The maximum absolute atomic E-state index is 12.4. The molecule has 4 nitrogen and oxygen atoms in total. The van der Waals surface area contributed by atoms with Crippen LogP contribution in [0, 0.1) is 13.8 Å². The first kappa shape index (κ1) is 15.2. The molecular weight excluding hydrogens is 288 g/mol. The van der Waals surface area contributed by atoms with Crippen LogP contribution < -0.4 is 10.1 Å². The fourth-order valence-electron chi connectivity index (χ4n) is 2.80. The van der Waals surface area contributed by atoms with Crippen LogP contribution in [-0.2, 0) is 11.2 Å². The number of carbonyl (C=O) groups excluding carboxylic acids is 1. The van der Waals surface area contributed by atoms with Gasteiger partial charge in [-0.3, -0.25) is 4.79 Å². The van der Waals surface area contributed by atoms with Crippen molar-refractivity contribution in [2.45, 2.75) is 20.3 Å². The number of aromatic nitrogens is 1. The molecule has 0 atom stereocenters. The normalized spacial score (nSPS) is 10.7. The Balaban J connectivity index is 1.85. The van der Waals surface area contributed by atoms with Crippen molar-refractivity contribution in [3.8, 4) is 5.75 Å². The molecule has 0 saturated carbocycles. The lowest BCUT2D eigenvalue weighted by molar-refractivity contribution is -0.115. The molecule has 0 radical (unpaired) electrons. The van der Waals surface area contributed by atoms with Crippen molar-refractivity contribution < 1.29 is 9.53 Å². The van der Waals surface area contributed by atoms with Crippen molar-refractivity contribution in [2.24, 2.45) is 0 Å². The highest BCUT2D eigenvalue weighted by Gasteiger charge is 2.13. The predicted octanol–water partition coefficient (Wildman–Crippen LogP) is 3.97. The second kappa shape index (κ2) is 6.16. The van der Waals surface area contributed by atoms with Crippen molar-refractivity contribution in [3.63, 3.8) is 0 Å².